The van der Waals surface area contributed by atoms with E-state index in [0.717, 1.165) is 28.0 Å². The smallest absolute Gasteiger partial charge is 0.335 e. The second kappa shape index (κ2) is 5.92. The fraction of sp³-hybridized carbons (Fsp3) is 0.300. The number of carbonyl (C=O) groups is 2. The topological polar surface area (TPSA) is 66.8 Å². The number of hydrogen-bond acceptors (Lipinski definition) is 3. The molecule has 2 heterocycles. The third kappa shape index (κ3) is 2.76. The van der Waals surface area contributed by atoms with Crippen molar-refractivity contribution < 1.29 is 19.4 Å². The molecule has 0 saturated carbocycles. The average molecular weight is 337 g/mol. The number of ether oxygens (including phenoxy) is 1. The van der Waals surface area contributed by atoms with Crippen LogP contribution in [0.5, 0.6) is 5.75 Å². The molecule has 2 aromatic rings. The Balaban J connectivity index is 1.50. The first kappa shape index (κ1) is 15.7. The van der Waals surface area contributed by atoms with E-state index in [1.807, 2.05) is 36.1 Å². The minimum Gasteiger partial charge on any atom is -0.480 e. The van der Waals surface area contributed by atoms with Crippen molar-refractivity contribution in [3.63, 3.8) is 0 Å². The van der Waals surface area contributed by atoms with E-state index in [9.17, 15) is 9.59 Å². The summed E-state index contributed by atoms with van der Waals surface area (Å²) in [5, 5.41) is 9.10. The van der Waals surface area contributed by atoms with Crippen LogP contribution < -0.4 is 4.74 Å². The van der Waals surface area contributed by atoms with Crippen LogP contribution in [0, 0.1) is 6.92 Å². The summed E-state index contributed by atoms with van der Waals surface area (Å²) in [6.45, 7) is 3.08. The Labute approximate surface area is 145 Å². The molecule has 4 rings (SSSR count). The molecule has 0 aromatic heterocycles. The van der Waals surface area contributed by atoms with Gasteiger partial charge in [0.25, 0.3) is 5.91 Å². The molecule has 128 valence electrons. The predicted octanol–water partition coefficient (Wildman–Crippen LogP) is 2.58. The summed E-state index contributed by atoms with van der Waals surface area (Å²) in [6.07, 6.45) is 0.814. The highest BCUT2D eigenvalue weighted by Crippen LogP contribution is 2.33. The number of para-hydroxylation sites is 1. The van der Waals surface area contributed by atoms with Gasteiger partial charge in [-0.15, -0.1) is 0 Å². The van der Waals surface area contributed by atoms with Gasteiger partial charge in [-0.05, 0) is 47.7 Å². The van der Waals surface area contributed by atoms with Gasteiger partial charge in [0.1, 0.15) is 5.75 Å². The van der Waals surface area contributed by atoms with Crippen molar-refractivity contribution >= 4 is 11.9 Å². The number of carboxylic acid groups (broad SMARTS) is 1. The monoisotopic (exact) mass is 337 g/mol. The van der Waals surface area contributed by atoms with Crippen LogP contribution in [-0.4, -0.2) is 34.5 Å². The second-order valence-corrected chi connectivity index (χ2v) is 6.67. The quantitative estimate of drug-likeness (QED) is 0.915. The summed E-state index contributed by atoms with van der Waals surface area (Å²) in [5.41, 5.74) is 4.45. The number of fused-ring (bicyclic) bond motifs is 2. The summed E-state index contributed by atoms with van der Waals surface area (Å²) in [7, 11) is 0. The summed E-state index contributed by atoms with van der Waals surface area (Å²) >= 11 is 0. The number of benzene rings is 2. The molecule has 0 saturated heterocycles. The molecule has 25 heavy (non-hydrogen) atoms. The standard InChI is InChI=1S/C20H19NO4/c1-12-3-2-4-14-10-17(25-18(12)14)19(22)21-8-7-13-9-15(20(23)24)5-6-16(13)11-21/h2-6,9,17H,7-8,10-11H2,1H3,(H,23,24). The van der Waals surface area contributed by atoms with E-state index < -0.39 is 12.1 Å². The zero-order valence-corrected chi connectivity index (χ0v) is 14.0. The molecule has 0 bridgehead atoms. The highest BCUT2D eigenvalue weighted by molar-refractivity contribution is 5.88. The third-order valence-electron chi connectivity index (χ3n) is 5.01. The Morgan fingerprint density at radius 1 is 1.16 bits per heavy atom. The predicted molar refractivity (Wildman–Crippen MR) is 91.8 cm³/mol. The number of amides is 1. The molecule has 0 radical (unpaired) electrons. The van der Waals surface area contributed by atoms with Gasteiger partial charge in [-0.3, -0.25) is 4.79 Å². The SMILES string of the molecule is Cc1cccc2c1OC(C(=O)N1CCc3cc(C(=O)O)ccc3C1)C2. The van der Waals surface area contributed by atoms with Crippen LogP contribution in [0.2, 0.25) is 0 Å². The maximum absolute atomic E-state index is 12.9. The fourth-order valence-corrected chi connectivity index (χ4v) is 3.64. The van der Waals surface area contributed by atoms with Crippen LogP contribution in [-0.2, 0) is 24.2 Å². The maximum Gasteiger partial charge on any atom is 0.335 e. The highest BCUT2D eigenvalue weighted by Gasteiger charge is 2.34. The van der Waals surface area contributed by atoms with E-state index in [2.05, 4.69) is 0 Å². The molecule has 1 N–H and O–H groups in total. The molecule has 1 unspecified atom stereocenters. The van der Waals surface area contributed by atoms with Crippen LogP contribution in [0.25, 0.3) is 0 Å². The fourth-order valence-electron chi connectivity index (χ4n) is 3.64. The van der Waals surface area contributed by atoms with Crippen LogP contribution >= 0.6 is 0 Å². The molecule has 2 aromatic carbocycles. The first-order valence-corrected chi connectivity index (χ1v) is 8.42. The molecule has 1 amide bonds. The molecular formula is C20H19NO4. The lowest BCUT2D eigenvalue weighted by molar-refractivity contribution is -0.138. The van der Waals surface area contributed by atoms with Crippen molar-refractivity contribution in [1.29, 1.82) is 0 Å². The second-order valence-electron chi connectivity index (χ2n) is 6.67. The van der Waals surface area contributed by atoms with Crippen molar-refractivity contribution in [2.45, 2.75) is 32.4 Å². The molecule has 2 aliphatic heterocycles. The molecule has 5 heteroatoms. The van der Waals surface area contributed by atoms with Crippen molar-refractivity contribution in [3.8, 4) is 5.75 Å². The molecule has 5 nitrogen and oxygen atoms in total. The largest absolute Gasteiger partial charge is 0.480 e. The van der Waals surface area contributed by atoms with Crippen LogP contribution in [0.1, 0.15) is 32.6 Å². The van der Waals surface area contributed by atoms with Gasteiger partial charge in [0, 0.05) is 19.5 Å². The van der Waals surface area contributed by atoms with Gasteiger partial charge in [0.15, 0.2) is 6.10 Å². The summed E-state index contributed by atoms with van der Waals surface area (Å²) < 4.78 is 5.92. The van der Waals surface area contributed by atoms with E-state index in [4.69, 9.17) is 9.84 Å². The lowest BCUT2D eigenvalue weighted by Crippen LogP contribution is -2.43. The van der Waals surface area contributed by atoms with Gasteiger partial charge in [-0.2, -0.15) is 0 Å². The van der Waals surface area contributed by atoms with E-state index in [0.29, 0.717) is 31.5 Å². The molecule has 0 fully saturated rings. The maximum atomic E-state index is 12.9. The van der Waals surface area contributed by atoms with Crippen LogP contribution in [0.3, 0.4) is 0 Å². The summed E-state index contributed by atoms with van der Waals surface area (Å²) in [5.74, 6) is -0.0817. The Morgan fingerprint density at radius 3 is 2.76 bits per heavy atom. The molecule has 2 aliphatic rings. The van der Waals surface area contributed by atoms with E-state index in [1.54, 1.807) is 12.1 Å². The Kier molecular flexibility index (Phi) is 3.71. The van der Waals surface area contributed by atoms with E-state index >= 15 is 0 Å². The van der Waals surface area contributed by atoms with E-state index in [1.165, 1.54) is 0 Å². The van der Waals surface area contributed by atoms with Gasteiger partial charge < -0.3 is 14.7 Å². The van der Waals surface area contributed by atoms with E-state index in [-0.39, 0.29) is 5.91 Å². The zero-order valence-electron chi connectivity index (χ0n) is 14.0. The van der Waals surface area contributed by atoms with Crippen LogP contribution in [0.15, 0.2) is 36.4 Å². The number of aryl methyl sites for hydroxylation is 1. The Morgan fingerprint density at radius 2 is 2.00 bits per heavy atom. The minimum absolute atomic E-state index is 0.00330. The summed E-state index contributed by atoms with van der Waals surface area (Å²) in [6, 6.07) is 11.1. The molecule has 0 aliphatic carbocycles. The van der Waals surface area contributed by atoms with Crippen molar-refractivity contribution in [2.24, 2.45) is 0 Å². The molecule has 0 spiro atoms. The first-order valence-electron chi connectivity index (χ1n) is 8.42. The number of nitrogens with zero attached hydrogens (tertiary/aromatic N) is 1. The van der Waals surface area contributed by atoms with Gasteiger partial charge >= 0.3 is 5.97 Å². The molecule has 1 atom stereocenters. The highest BCUT2D eigenvalue weighted by atomic mass is 16.5. The zero-order chi connectivity index (χ0) is 17.6. The lowest BCUT2D eigenvalue weighted by atomic mass is 9.96. The minimum atomic E-state index is -0.922. The number of aromatic carboxylic acids is 1. The van der Waals surface area contributed by atoms with Gasteiger partial charge in [0.2, 0.25) is 0 Å². The summed E-state index contributed by atoms with van der Waals surface area (Å²) in [4.78, 5) is 25.8. The van der Waals surface area contributed by atoms with Gasteiger partial charge in [0.05, 0.1) is 5.56 Å². The normalized spacial score (nSPS) is 18.3. The first-order chi connectivity index (χ1) is 12.0. The lowest BCUT2D eigenvalue weighted by Gasteiger charge is -2.30. The molecular weight excluding hydrogens is 318 g/mol. The van der Waals surface area contributed by atoms with Gasteiger partial charge in [-0.25, -0.2) is 4.79 Å². The number of rotatable bonds is 2. The van der Waals surface area contributed by atoms with Crippen molar-refractivity contribution in [1.82, 2.24) is 4.90 Å². The average Bonchev–Trinajstić information content (AvgIpc) is 3.06. The van der Waals surface area contributed by atoms with Crippen LogP contribution in [0.4, 0.5) is 0 Å². The van der Waals surface area contributed by atoms with Crippen molar-refractivity contribution in [3.05, 3.63) is 64.2 Å². The Hall–Kier alpha value is -2.82. The third-order valence-corrected chi connectivity index (χ3v) is 5.01. The number of carbonyl (C=O) groups excluding carboxylic acids is 1. The Bertz CT molecular complexity index is 874. The van der Waals surface area contributed by atoms with Crippen molar-refractivity contribution in [2.75, 3.05) is 6.54 Å². The number of hydrogen-bond donors (Lipinski definition) is 1. The van der Waals surface area contributed by atoms with Gasteiger partial charge in [-0.1, -0.05) is 24.3 Å². The number of carboxylic acids is 1.